The zero-order valence-electron chi connectivity index (χ0n) is 9.57. The van der Waals surface area contributed by atoms with Gasteiger partial charge in [0, 0.05) is 12.7 Å². The minimum Gasteiger partial charge on any atom is -0.354 e. The SMILES string of the molecule is CC(F)C(F)(F)C(C#N)N(C)c1ccccc1. The first-order valence-electron chi connectivity index (χ1n) is 5.10. The van der Waals surface area contributed by atoms with Crippen molar-refractivity contribution in [3.63, 3.8) is 0 Å². The van der Waals surface area contributed by atoms with E-state index in [9.17, 15) is 13.2 Å². The first-order chi connectivity index (χ1) is 7.91. The van der Waals surface area contributed by atoms with E-state index >= 15 is 0 Å². The summed E-state index contributed by atoms with van der Waals surface area (Å²) in [6, 6.07) is 7.86. The number of benzene rings is 1. The summed E-state index contributed by atoms with van der Waals surface area (Å²) in [6.07, 6.45) is -2.38. The zero-order valence-corrected chi connectivity index (χ0v) is 9.57. The van der Waals surface area contributed by atoms with Gasteiger partial charge in [0.25, 0.3) is 0 Å². The molecule has 1 aromatic carbocycles. The van der Waals surface area contributed by atoms with Gasteiger partial charge >= 0.3 is 5.92 Å². The fraction of sp³-hybridized carbons (Fsp3) is 0.417. The average molecular weight is 242 g/mol. The Kier molecular flexibility index (Phi) is 4.00. The monoisotopic (exact) mass is 242 g/mol. The van der Waals surface area contributed by atoms with Crippen LogP contribution in [0.3, 0.4) is 0 Å². The lowest BCUT2D eigenvalue weighted by molar-refractivity contribution is -0.0727. The lowest BCUT2D eigenvalue weighted by atomic mass is 10.1. The molecule has 0 spiro atoms. The predicted octanol–water partition coefficient (Wildman–Crippen LogP) is 3.01. The van der Waals surface area contributed by atoms with E-state index < -0.39 is 18.1 Å². The Morgan fingerprint density at radius 3 is 2.24 bits per heavy atom. The number of rotatable bonds is 4. The number of para-hydroxylation sites is 1. The van der Waals surface area contributed by atoms with E-state index in [1.54, 1.807) is 30.3 Å². The molecule has 5 heteroatoms. The van der Waals surface area contributed by atoms with Crippen LogP contribution < -0.4 is 4.90 Å². The fourth-order valence-corrected chi connectivity index (χ4v) is 1.46. The van der Waals surface area contributed by atoms with Crippen LogP contribution in [0.15, 0.2) is 30.3 Å². The molecule has 2 atom stereocenters. The third-order valence-electron chi connectivity index (χ3n) is 2.57. The largest absolute Gasteiger partial charge is 0.354 e. The lowest BCUT2D eigenvalue weighted by Gasteiger charge is -2.31. The molecule has 0 fully saturated rings. The van der Waals surface area contributed by atoms with Crippen molar-refractivity contribution >= 4 is 5.69 Å². The number of alkyl halides is 3. The summed E-state index contributed by atoms with van der Waals surface area (Å²) in [4.78, 5) is 1.08. The quantitative estimate of drug-likeness (QED) is 0.811. The molecular weight excluding hydrogens is 229 g/mol. The third-order valence-corrected chi connectivity index (χ3v) is 2.57. The second-order valence-corrected chi connectivity index (χ2v) is 3.77. The topological polar surface area (TPSA) is 27.0 Å². The molecule has 0 saturated carbocycles. The van der Waals surface area contributed by atoms with Gasteiger partial charge in [0.05, 0.1) is 6.07 Å². The average Bonchev–Trinajstić information content (AvgIpc) is 2.30. The van der Waals surface area contributed by atoms with Crippen LogP contribution in [0.1, 0.15) is 6.92 Å². The number of hydrogen-bond acceptors (Lipinski definition) is 2. The Labute approximate surface area is 98.3 Å². The van der Waals surface area contributed by atoms with Crippen LogP contribution in [0, 0.1) is 11.3 Å². The summed E-state index contributed by atoms with van der Waals surface area (Å²) in [5, 5.41) is 8.80. The Morgan fingerprint density at radius 1 is 1.29 bits per heavy atom. The van der Waals surface area contributed by atoms with E-state index in [1.807, 2.05) is 0 Å². The molecule has 0 N–H and O–H groups in total. The van der Waals surface area contributed by atoms with E-state index in [4.69, 9.17) is 5.26 Å². The van der Waals surface area contributed by atoms with Crippen molar-refractivity contribution in [2.75, 3.05) is 11.9 Å². The molecule has 0 aromatic heterocycles. The van der Waals surface area contributed by atoms with Gasteiger partial charge in [0.15, 0.2) is 12.2 Å². The minimum absolute atomic E-state index is 0.444. The molecule has 92 valence electrons. The summed E-state index contributed by atoms with van der Waals surface area (Å²) in [6.45, 7) is 0.753. The maximum Gasteiger partial charge on any atom is 0.311 e. The van der Waals surface area contributed by atoms with Crippen LogP contribution in [-0.2, 0) is 0 Å². The molecule has 0 heterocycles. The fourth-order valence-electron chi connectivity index (χ4n) is 1.46. The summed E-state index contributed by atoms with van der Waals surface area (Å²) >= 11 is 0. The van der Waals surface area contributed by atoms with Crippen LogP contribution in [0.5, 0.6) is 0 Å². The van der Waals surface area contributed by atoms with Gasteiger partial charge in [-0.3, -0.25) is 0 Å². The van der Waals surface area contributed by atoms with Crippen molar-refractivity contribution in [2.24, 2.45) is 0 Å². The van der Waals surface area contributed by atoms with Gasteiger partial charge in [-0.1, -0.05) is 18.2 Å². The molecule has 0 aliphatic carbocycles. The maximum absolute atomic E-state index is 13.5. The van der Waals surface area contributed by atoms with Gasteiger partial charge in [0.1, 0.15) is 0 Å². The number of nitrogens with zero attached hydrogens (tertiary/aromatic N) is 2. The van der Waals surface area contributed by atoms with Crippen molar-refractivity contribution in [1.82, 2.24) is 0 Å². The molecule has 0 radical (unpaired) electrons. The number of anilines is 1. The van der Waals surface area contributed by atoms with Crippen LogP contribution in [0.4, 0.5) is 18.9 Å². The van der Waals surface area contributed by atoms with Gasteiger partial charge < -0.3 is 4.90 Å². The van der Waals surface area contributed by atoms with Crippen molar-refractivity contribution in [2.45, 2.75) is 25.1 Å². The van der Waals surface area contributed by atoms with Crippen molar-refractivity contribution < 1.29 is 13.2 Å². The number of nitriles is 1. The highest BCUT2D eigenvalue weighted by molar-refractivity contribution is 5.48. The van der Waals surface area contributed by atoms with Gasteiger partial charge in [0.2, 0.25) is 0 Å². The Balaban J connectivity index is 3.01. The molecule has 0 bridgehead atoms. The summed E-state index contributed by atoms with van der Waals surface area (Å²) in [5.74, 6) is -3.71. The van der Waals surface area contributed by atoms with Crippen LogP contribution in [0.2, 0.25) is 0 Å². The molecule has 17 heavy (non-hydrogen) atoms. The zero-order chi connectivity index (χ0) is 13.1. The Bertz CT molecular complexity index is 398. The third kappa shape index (κ3) is 2.70. The van der Waals surface area contributed by atoms with Crippen LogP contribution in [0.25, 0.3) is 0 Å². The molecule has 2 nitrogen and oxygen atoms in total. The van der Waals surface area contributed by atoms with Gasteiger partial charge in [-0.15, -0.1) is 0 Å². The highest BCUT2D eigenvalue weighted by Crippen LogP contribution is 2.30. The van der Waals surface area contributed by atoms with Crippen molar-refractivity contribution in [3.8, 4) is 6.07 Å². The van der Waals surface area contributed by atoms with Crippen LogP contribution >= 0.6 is 0 Å². The highest BCUT2D eigenvalue weighted by atomic mass is 19.3. The van der Waals surface area contributed by atoms with E-state index in [0.29, 0.717) is 5.69 Å². The molecule has 2 unspecified atom stereocenters. The van der Waals surface area contributed by atoms with Gasteiger partial charge in [-0.25, -0.2) is 4.39 Å². The van der Waals surface area contributed by atoms with Crippen LogP contribution in [-0.4, -0.2) is 25.2 Å². The van der Waals surface area contributed by atoms with Gasteiger partial charge in [-0.2, -0.15) is 14.0 Å². The first-order valence-corrected chi connectivity index (χ1v) is 5.10. The molecule has 1 aromatic rings. The van der Waals surface area contributed by atoms with Crippen molar-refractivity contribution in [3.05, 3.63) is 30.3 Å². The highest BCUT2D eigenvalue weighted by Gasteiger charge is 2.48. The molecule has 0 aliphatic heterocycles. The smallest absolute Gasteiger partial charge is 0.311 e. The molecule has 0 saturated heterocycles. The second kappa shape index (κ2) is 5.09. The van der Waals surface area contributed by atoms with E-state index in [-0.39, 0.29) is 0 Å². The molecule has 0 aliphatic rings. The predicted molar refractivity (Wildman–Crippen MR) is 59.8 cm³/mol. The minimum atomic E-state index is -3.71. The summed E-state index contributed by atoms with van der Waals surface area (Å²) in [5.41, 5.74) is 0.444. The van der Waals surface area contributed by atoms with E-state index in [2.05, 4.69) is 0 Å². The lowest BCUT2D eigenvalue weighted by Crippen LogP contribution is -2.50. The molecular formula is C12H13F3N2. The first kappa shape index (κ1) is 13.4. The van der Waals surface area contributed by atoms with Crippen molar-refractivity contribution in [1.29, 1.82) is 5.26 Å². The Hall–Kier alpha value is -1.70. The van der Waals surface area contributed by atoms with E-state index in [0.717, 1.165) is 11.8 Å². The molecule has 0 amide bonds. The number of halogens is 3. The summed E-state index contributed by atoms with van der Waals surface area (Å²) < 4.78 is 39.9. The second-order valence-electron chi connectivity index (χ2n) is 3.77. The summed E-state index contributed by atoms with van der Waals surface area (Å²) in [7, 11) is 1.35. The number of hydrogen-bond donors (Lipinski definition) is 0. The molecule has 1 rings (SSSR count). The Morgan fingerprint density at radius 2 is 1.82 bits per heavy atom. The maximum atomic E-state index is 13.5. The van der Waals surface area contributed by atoms with Gasteiger partial charge in [-0.05, 0) is 19.1 Å². The van der Waals surface area contributed by atoms with E-state index in [1.165, 1.54) is 13.1 Å². The standard InChI is InChI=1S/C12H13F3N2/c1-9(13)12(14,15)11(8-16)17(2)10-6-4-3-5-7-10/h3-7,9,11H,1-2H3. The normalized spacial score (nSPS) is 14.8.